The summed E-state index contributed by atoms with van der Waals surface area (Å²) in [4.78, 5) is 5.16. The van der Waals surface area contributed by atoms with Crippen LogP contribution in [0.2, 0.25) is 0 Å². The Morgan fingerprint density at radius 1 is 1.31 bits per heavy atom. The number of nitrogens with one attached hydrogen (secondary N) is 2. The van der Waals surface area contributed by atoms with E-state index in [2.05, 4.69) is 15.6 Å². The van der Waals surface area contributed by atoms with Crippen LogP contribution in [0.5, 0.6) is 0 Å². The molecule has 1 heterocycles. The monoisotopic (exact) mass is 249 g/mol. The van der Waals surface area contributed by atoms with Gasteiger partial charge in [-0.25, -0.2) is 0 Å². The summed E-state index contributed by atoms with van der Waals surface area (Å²) in [7, 11) is 0. The van der Waals surface area contributed by atoms with Crippen molar-refractivity contribution in [1.29, 1.82) is 0 Å². The standard InChI is InChI=1S/C11H11N3S2/c15-11(13-7-10-6-12-8-16-10)14-9-4-2-1-3-5-9/h1-6,8H,7H2,(H2,13,14,15). The SMILES string of the molecule is S=C(NCc1cncs1)Nc1ccccc1. The van der Waals surface area contributed by atoms with Crippen LogP contribution >= 0.6 is 23.6 Å². The molecule has 5 heteroatoms. The van der Waals surface area contributed by atoms with Gasteiger partial charge in [-0.1, -0.05) is 18.2 Å². The molecule has 2 rings (SSSR count). The Bertz CT molecular complexity index is 440. The van der Waals surface area contributed by atoms with E-state index in [1.165, 1.54) is 0 Å². The molecule has 0 amide bonds. The highest BCUT2D eigenvalue weighted by atomic mass is 32.1. The zero-order chi connectivity index (χ0) is 11.2. The topological polar surface area (TPSA) is 37.0 Å². The molecule has 0 aliphatic rings. The molecule has 0 aliphatic heterocycles. The maximum Gasteiger partial charge on any atom is 0.171 e. The smallest absolute Gasteiger partial charge is 0.171 e. The number of hydrogen-bond acceptors (Lipinski definition) is 3. The third kappa shape index (κ3) is 3.29. The second-order valence-corrected chi connectivity index (χ2v) is 4.52. The fraction of sp³-hybridized carbons (Fsp3) is 0.0909. The van der Waals surface area contributed by atoms with Gasteiger partial charge in [-0.05, 0) is 24.4 Å². The first-order valence-electron chi connectivity index (χ1n) is 4.82. The highest BCUT2D eigenvalue weighted by Gasteiger charge is 1.98. The Kier molecular flexibility index (Phi) is 3.85. The summed E-state index contributed by atoms with van der Waals surface area (Å²) in [5.74, 6) is 0. The fourth-order valence-corrected chi connectivity index (χ4v) is 1.92. The van der Waals surface area contributed by atoms with Gasteiger partial charge in [0, 0.05) is 16.8 Å². The van der Waals surface area contributed by atoms with Gasteiger partial charge < -0.3 is 10.6 Å². The number of anilines is 1. The number of aromatic nitrogens is 1. The van der Waals surface area contributed by atoms with E-state index in [1.807, 2.05) is 42.0 Å². The van der Waals surface area contributed by atoms with Crippen molar-refractivity contribution in [1.82, 2.24) is 10.3 Å². The van der Waals surface area contributed by atoms with Crippen LogP contribution < -0.4 is 10.6 Å². The summed E-state index contributed by atoms with van der Waals surface area (Å²) in [5.41, 5.74) is 2.80. The minimum atomic E-state index is 0.625. The van der Waals surface area contributed by atoms with Gasteiger partial charge in [0.2, 0.25) is 0 Å². The molecular formula is C11H11N3S2. The minimum Gasteiger partial charge on any atom is -0.357 e. The molecule has 3 nitrogen and oxygen atoms in total. The third-order valence-corrected chi connectivity index (χ3v) is 2.96. The summed E-state index contributed by atoms with van der Waals surface area (Å²) in [5, 5.41) is 6.86. The number of nitrogens with zero attached hydrogens (tertiary/aromatic N) is 1. The summed E-state index contributed by atoms with van der Waals surface area (Å²) in [6.07, 6.45) is 1.84. The van der Waals surface area contributed by atoms with Crippen molar-refractivity contribution in [3.63, 3.8) is 0 Å². The molecule has 0 saturated carbocycles. The fourth-order valence-electron chi connectivity index (χ4n) is 1.19. The van der Waals surface area contributed by atoms with E-state index < -0.39 is 0 Å². The summed E-state index contributed by atoms with van der Waals surface area (Å²) < 4.78 is 0. The van der Waals surface area contributed by atoms with Crippen molar-refractivity contribution in [2.75, 3.05) is 5.32 Å². The van der Waals surface area contributed by atoms with Crippen molar-refractivity contribution in [2.24, 2.45) is 0 Å². The van der Waals surface area contributed by atoms with Crippen LogP contribution in [-0.4, -0.2) is 10.1 Å². The van der Waals surface area contributed by atoms with E-state index in [1.54, 1.807) is 11.3 Å². The van der Waals surface area contributed by atoms with Crippen molar-refractivity contribution in [2.45, 2.75) is 6.54 Å². The van der Waals surface area contributed by atoms with Gasteiger partial charge in [0.15, 0.2) is 5.11 Å². The zero-order valence-electron chi connectivity index (χ0n) is 8.51. The normalized spacial score (nSPS) is 9.75. The number of thiazole rings is 1. The van der Waals surface area contributed by atoms with E-state index >= 15 is 0 Å². The first-order chi connectivity index (χ1) is 7.84. The van der Waals surface area contributed by atoms with Crippen molar-refractivity contribution < 1.29 is 0 Å². The molecule has 0 aliphatic carbocycles. The molecular weight excluding hydrogens is 238 g/mol. The lowest BCUT2D eigenvalue weighted by Gasteiger charge is -2.08. The first kappa shape index (κ1) is 11.0. The Balaban J connectivity index is 1.81. The Morgan fingerprint density at radius 3 is 2.81 bits per heavy atom. The van der Waals surface area contributed by atoms with Gasteiger partial charge in [0.1, 0.15) is 0 Å². The average molecular weight is 249 g/mol. The molecule has 2 N–H and O–H groups in total. The number of para-hydroxylation sites is 1. The van der Waals surface area contributed by atoms with Crippen LogP contribution in [0, 0.1) is 0 Å². The van der Waals surface area contributed by atoms with Gasteiger partial charge >= 0.3 is 0 Å². The molecule has 0 fully saturated rings. The van der Waals surface area contributed by atoms with Gasteiger partial charge in [0.05, 0.1) is 12.1 Å². The van der Waals surface area contributed by atoms with Crippen LogP contribution in [0.1, 0.15) is 4.88 Å². The van der Waals surface area contributed by atoms with E-state index in [0.29, 0.717) is 11.7 Å². The van der Waals surface area contributed by atoms with Crippen molar-refractivity contribution >= 4 is 34.4 Å². The summed E-state index contributed by atoms with van der Waals surface area (Å²) >= 11 is 6.78. The molecule has 1 aromatic carbocycles. The highest BCUT2D eigenvalue weighted by molar-refractivity contribution is 7.80. The molecule has 0 unspecified atom stereocenters. The van der Waals surface area contributed by atoms with Crippen LogP contribution in [-0.2, 0) is 6.54 Å². The second kappa shape index (κ2) is 5.58. The van der Waals surface area contributed by atoms with Crippen molar-refractivity contribution in [3.8, 4) is 0 Å². The van der Waals surface area contributed by atoms with Crippen LogP contribution in [0.15, 0.2) is 42.0 Å². The van der Waals surface area contributed by atoms with Crippen molar-refractivity contribution in [3.05, 3.63) is 46.9 Å². The highest BCUT2D eigenvalue weighted by Crippen LogP contribution is 2.06. The predicted octanol–water partition coefficient (Wildman–Crippen LogP) is 2.63. The van der Waals surface area contributed by atoms with Gasteiger partial charge in [-0.3, -0.25) is 4.98 Å². The Labute approximate surface area is 104 Å². The Hall–Kier alpha value is -1.46. The molecule has 0 atom stereocenters. The van der Waals surface area contributed by atoms with Gasteiger partial charge in [-0.15, -0.1) is 11.3 Å². The summed E-state index contributed by atoms with van der Waals surface area (Å²) in [6, 6.07) is 9.85. The zero-order valence-corrected chi connectivity index (χ0v) is 10.1. The average Bonchev–Trinajstić information content (AvgIpc) is 2.81. The van der Waals surface area contributed by atoms with E-state index in [-0.39, 0.29) is 0 Å². The maximum atomic E-state index is 5.17. The van der Waals surface area contributed by atoms with Crippen LogP contribution in [0.4, 0.5) is 5.69 Å². The Morgan fingerprint density at radius 2 is 2.12 bits per heavy atom. The van der Waals surface area contributed by atoms with Gasteiger partial charge in [0.25, 0.3) is 0 Å². The summed E-state index contributed by atoms with van der Waals surface area (Å²) in [6.45, 7) is 0.712. The molecule has 0 saturated heterocycles. The molecule has 0 radical (unpaired) electrons. The lowest BCUT2D eigenvalue weighted by molar-refractivity contribution is 0.942. The first-order valence-corrected chi connectivity index (χ1v) is 6.10. The number of rotatable bonds is 3. The molecule has 2 aromatic rings. The van der Waals surface area contributed by atoms with Crippen LogP contribution in [0.25, 0.3) is 0 Å². The number of thiocarbonyl (C=S) groups is 1. The molecule has 82 valence electrons. The number of benzene rings is 1. The lowest BCUT2D eigenvalue weighted by atomic mass is 10.3. The van der Waals surface area contributed by atoms with Gasteiger partial charge in [-0.2, -0.15) is 0 Å². The van der Waals surface area contributed by atoms with E-state index in [9.17, 15) is 0 Å². The second-order valence-electron chi connectivity index (χ2n) is 3.14. The maximum absolute atomic E-state index is 5.17. The minimum absolute atomic E-state index is 0.625. The lowest BCUT2D eigenvalue weighted by Crippen LogP contribution is -2.27. The third-order valence-electron chi connectivity index (χ3n) is 1.94. The van der Waals surface area contributed by atoms with E-state index in [4.69, 9.17) is 12.2 Å². The predicted molar refractivity (Wildman–Crippen MR) is 71.6 cm³/mol. The molecule has 0 bridgehead atoms. The number of hydrogen-bond donors (Lipinski definition) is 2. The molecule has 1 aromatic heterocycles. The quantitative estimate of drug-likeness (QED) is 0.820. The van der Waals surface area contributed by atoms with Crippen LogP contribution in [0.3, 0.4) is 0 Å². The van der Waals surface area contributed by atoms with E-state index in [0.717, 1.165) is 10.6 Å². The largest absolute Gasteiger partial charge is 0.357 e. The molecule has 0 spiro atoms. The molecule has 16 heavy (non-hydrogen) atoms.